The minimum atomic E-state index is 0. The van der Waals surface area contributed by atoms with Crippen LogP contribution in [0.5, 0.6) is 0 Å². The lowest BCUT2D eigenvalue weighted by atomic mass is 10.3. The van der Waals surface area contributed by atoms with Gasteiger partial charge in [-0.25, -0.2) is 0 Å². The van der Waals surface area contributed by atoms with Gasteiger partial charge in [0.2, 0.25) is 0 Å². The molecule has 0 saturated carbocycles. The summed E-state index contributed by atoms with van der Waals surface area (Å²) in [5, 5.41) is 4.68. The summed E-state index contributed by atoms with van der Waals surface area (Å²) in [6.07, 6.45) is 1.70. The Balaban J connectivity index is 0.000000500. The Labute approximate surface area is 65.3 Å². The number of rotatable bonds is 0. The molecule has 0 aliphatic heterocycles. The lowest BCUT2D eigenvalue weighted by Gasteiger charge is -1.78. The summed E-state index contributed by atoms with van der Waals surface area (Å²) in [6, 6.07) is 7.74. The van der Waals surface area contributed by atoms with Crippen LogP contribution in [-0.2, 0) is 0 Å². The molecule has 0 N–H and O–H groups in total. The van der Waals surface area contributed by atoms with Crippen molar-refractivity contribution in [3.05, 3.63) is 30.5 Å². The first-order valence-corrected chi connectivity index (χ1v) is 2.76. The fourth-order valence-corrected chi connectivity index (χ4v) is 0.810. The molecule has 1 aromatic carbocycles. The maximum atomic E-state index is 4.87. The SMILES string of the molecule is S.c1ccc2oncc2c1. The predicted molar refractivity (Wildman–Crippen MR) is 44.4 cm³/mol. The molecule has 2 rings (SSSR count). The Morgan fingerprint density at radius 1 is 1.20 bits per heavy atom. The fourth-order valence-electron chi connectivity index (χ4n) is 0.810. The first kappa shape index (κ1) is 7.15. The van der Waals surface area contributed by atoms with Crippen LogP contribution in [0.2, 0.25) is 0 Å². The Bertz CT molecular complexity index is 288. The summed E-state index contributed by atoms with van der Waals surface area (Å²) >= 11 is 0. The van der Waals surface area contributed by atoms with Crippen molar-refractivity contribution in [2.24, 2.45) is 0 Å². The van der Waals surface area contributed by atoms with Gasteiger partial charge in [-0.15, -0.1) is 0 Å². The molecule has 0 aliphatic rings. The third-order valence-electron chi connectivity index (χ3n) is 1.26. The molecular weight excluding hydrogens is 146 g/mol. The monoisotopic (exact) mass is 153 g/mol. The van der Waals surface area contributed by atoms with Crippen molar-refractivity contribution in [2.75, 3.05) is 0 Å². The topological polar surface area (TPSA) is 26.0 Å². The summed E-state index contributed by atoms with van der Waals surface area (Å²) in [7, 11) is 0. The molecule has 0 atom stereocenters. The largest absolute Gasteiger partial charge is 0.356 e. The third kappa shape index (κ3) is 0.998. The van der Waals surface area contributed by atoms with Gasteiger partial charge in [-0.1, -0.05) is 17.3 Å². The van der Waals surface area contributed by atoms with Crippen molar-refractivity contribution in [1.29, 1.82) is 0 Å². The molecule has 1 heterocycles. The van der Waals surface area contributed by atoms with Crippen molar-refractivity contribution in [3.8, 4) is 0 Å². The Hall–Kier alpha value is -0.960. The molecule has 0 bridgehead atoms. The second-order valence-electron chi connectivity index (χ2n) is 1.86. The zero-order valence-electron chi connectivity index (χ0n) is 5.24. The van der Waals surface area contributed by atoms with E-state index in [0.29, 0.717) is 0 Å². The van der Waals surface area contributed by atoms with E-state index in [1.807, 2.05) is 24.3 Å². The second kappa shape index (κ2) is 2.75. The van der Waals surface area contributed by atoms with Crippen LogP contribution in [0, 0.1) is 0 Å². The number of hydrogen-bond acceptors (Lipinski definition) is 2. The highest BCUT2D eigenvalue weighted by molar-refractivity contribution is 7.59. The average Bonchev–Trinajstić information content (AvgIpc) is 2.33. The quantitative estimate of drug-likeness (QED) is 0.578. The molecule has 1 aromatic heterocycles. The Morgan fingerprint density at radius 2 is 2.00 bits per heavy atom. The molecule has 0 amide bonds. The normalized spacial score (nSPS) is 9.20. The molecule has 52 valence electrons. The van der Waals surface area contributed by atoms with E-state index < -0.39 is 0 Å². The van der Waals surface area contributed by atoms with Gasteiger partial charge in [-0.3, -0.25) is 0 Å². The minimum Gasteiger partial charge on any atom is -0.356 e. The highest BCUT2D eigenvalue weighted by atomic mass is 32.1. The number of benzene rings is 1. The predicted octanol–water partition coefficient (Wildman–Crippen LogP) is 1.94. The van der Waals surface area contributed by atoms with E-state index >= 15 is 0 Å². The van der Waals surface area contributed by atoms with E-state index in [0.717, 1.165) is 11.0 Å². The highest BCUT2D eigenvalue weighted by Crippen LogP contribution is 2.10. The Kier molecular flexibility index (Phi) is 1.97. The van der Waals surface area contributed by atoms with Crippen molar-refractivity contribution < 1.29 is 4.52 Å². The molecule has 0 fully saturated rings. The van der Waals surface area contributed by atoms with E-state index in [9.17, 15) is 0 Å². The number of fused-ring (bicyclic) bond motifs is 1. The van der Waals surface area contributed by atoms with Crippen LogP contribution in [0.1, 0.15) is 0 Å². The molecule has 2 nitrogen and oxygen atoms in total. The minimum absolute atomic E-state index is 0. The lowest BCUT2D eigenvalue weighted by molar-refractivity contribution is 0.456. The number of para-hydroxylation sites is 1. The third-order valence-corrected chi connectivity index (χ3v) is 1.26. The van der Waals surface area contributed by atoms with Crippen LogP contribution in [0.3, 0.4) is 0 Å². The Morgan fingerprint density at radius 3 is 2.80 bits per heavy atom. The van der Waals surface area contributed by atoms with E-state index in [4.69, 9.17) is 4.52 Å². The molecule has 0 radical (unpaired) electrons. The number of aromatic nitrogens is 1. The summed E-state index contributed by atoms with van der Waals surface area (Å²) < 4.78 is 4.87. The van der Waals surface area contributed by atoms with E-state index in [-0.39, 0.29) is 13.5 Å². The molecule has 10 heavy (non-hydrogen) atoms. The average molecular weight is 153 g/mol. The smallest absolute Gasteiger partial charge is 0.166 e. The van der Waals surface area contributed by atoms with Crippen molar-refractivity contribution in [1.82, 2.24) is 5.16 Å². The van der Waals surface area contributed by atoms with Gasteiger partial charge in [0.15, 0.2) is 5.58 Å². The number of nitrogens with zero attached hydrogens (tertiary/aromatic N) is 1. The first-order chi connectivity index (χ1) is 4.47. The molecular formula is C7H7NOS. The maximum absolute atomic E-state index is 4.87. The second-order valence-corrected chi connectivity index (χ2v) is 1.86. The summed E-state index contributed by atoms with van der Waals surface area (Å²) in [5.74, 6) is 0. The molecule has 0 saturated heterocycles. The van der Waals surface area contributed by atoms with Crippen molar-refractivity contribution in [2.45, 2.75) is 0 Å². The van der Waals surface area contributed by atoms with Crippen LogP contribution in [0.25, 0.3) is 11.0 Å². The van der Waals surface area contributed by atoms with Gasteiger partial charge in [-0.2, -0.15) is 13.5 Å². The van der Waals surface area contributed by atoms with Gasteiger partial charge >= 0.3 is 0 Å². The first-order valence-electron chi connectivity index (χ1n) is 2.76. The van der Waals surface area contributed by atoms with E-state index in [1.54, 1.807) is 6.20 Å². The molecule has 0 spiro atoms. The van der Waals surface area contributed by atoms with Crippen LogP contribution in [0.15, 0.2) is 35.0 Å². The molecule has 2 aromatic rings. The summed E-state index contributed by atoms with van der Waals surface area (Å²) in [4.78, 5) is 0. The standard InChI is InChI=1S/C7H5NO.H2S/c1-2-4-7-6(3-1)5-8-9-7;/h1-5H;1H2. The number of hydrogen-bond donors (Lipinski definition) is 0. The molecule has 3 heteroatoms. The van der Waals surface area contributed by atoms with Gasteiger partial charge in [0.1, 0.15) is 0 Å². The fraction of sp³-hybridized carbons (Fsp3) is 0. The zero-order valence-corrected chi connectivity index (χ0v) is 6.24. The van der Waals surface area contributed by atoms with Gasteiger partial charge in [-0.05, 0) is 12.1 Å². The van der Waals surface area contributed by atoms with Gasteiger partial charge in [0.25, 0.3) is 0 Å². The van der Waals surface area contributed by atoms with Crippen LogP contribution in [-0.4, -0.2) is 5.16 Å². The van der Waals surface area contributed by atoms with Crippen LogP contribution < -0.4 is 0 Å². The van der Waals surface area contributed by atoms with Crippen molar-refractivity contribution >= 4 is 24.5 Å². The summed E-state index contributed by atoms with van der Waals surface area (Å²) in [6.45, 7) is 0. The zero-order chi connectivity index (χ0) is 6.10. The van der Waals surface area contributed by atoms with Crippen LogP contribution in [0.4, 0.5) is 0 Å². The van der Waals surface area contributed by atoms with Gasteiger partial charge in [0, 0.05) is 5.39 Å². The van der Waals surface area contributed by atoms with Crippen LogP contribution >= 0.6 is 13.5 Å². The maximum Gasteiger partial charge on any atom is 0.166 e. The van der Waals surface area contributed by atoms with Gasteiger partial charge < -0.3 is 4.52 Å². The molecule has 0 aliphatic carbocycles. The van der Waals surface area contributed by atoms with E-state index in [2.05, 4.69) is 5.16 Å². The van der Waals surface area contributed by atoms with Crippen molar-refractivity contribution in [3.63, 3.8) is 0 Å². The van der Waals surface area contributed by atoms with E-state index in [1.165, 1.54) is 0 Å². The lowest BCUT2D eigenvalue weighted by Crippen LogP contribution is -1.57. The highest BCUT2D eigenvalue weighted by Gasteiger charge is 1.91. The molecule has 0 unspecified atom stereocenters. The van der Waals surface area contributed by atoms with Gasteiger partial charge in [0.05, 0.1) is 6.20 Å². The summed E-state index contributed by atoms with van der Waals surface area (Å²) in [5.41, 5.74) is 0.845.